The first-order valence-electron chi connectivity index (χ1n) is 6.31. The molecule has 0 amide bonds. The van der Waals surface area contributed by atoms with Crippen molar-refractivity contribution in [2.45, 2.75) is 25.9 Å². The first-order chi connectivity index (χ1) is 9.47. The van der Waals surface area contributed by atoms with E-state index in [1.54, 1.807) is 31.4 Å². The molecule has 3 nitrogen and oxygen atoms in total. The van der Waals surface area contributed by atoms with E-state index in [0.717, 1.165) is 10.2 Å². The summed E-state index contributed by atoms with van der Waals surface area (Å²) in [6, 6.07) is 4.87. The molecule has 2 rings (SSSR count). The van der Waals surface area contributed by atoms with Gasteiger partial charge in [0.05, 0.1) is 27.4 Å². The minimum atomic E-state index is -0.406. The van der Waals surface area contributed by atoms with Crippen LogP contribution in [-0.4, -0.2) is 16.8 Å². The van der Waals surface area contributed by atoms with Crippen LogP contribution in [0, 0.1) is 5.82 Å². The largest absolute Gasteiger partial charge is 0.308 e. The van der Waals surface area contributed by atoms with Crippen molar-refractivity contribution in [3.05, 3.63) is 51.0 Å². The predicted molar refractivity (Wildman–Crippen MR) is 82.6 cm³/mol. The molecule has 6 heteroatoms. The zero-order chi connectivity index (χ0) is 14.9. The molecule has 0 saturated carbocycles. The van der Waals surface area contributed by atoms with Crippen LogP contribution in [0.3, 0.4) is 0 Å². The number of nitrogens with one attached hydrogen (secondary N) is 1. The zero-order valence-corrected chi connectivity index (χ0v) is 13.8. The van der Waals surface area contributed by atoms with Gasteiger partial charge in [0.2, 0.25) is 0 Å². The Balaban J connectivity index is 2.58. The molecule has 1 heterocycles. The minimum Gasteiger partial charge on any atom is -0.308 e. The molecule has 1 atom stereocenters. The Morgan fingerprint density at radius 3 is 2.70 bits per heavy atom. The number of hydrogen-bond acceptors (Lipinski definition) is 2. The van der Waals surface area contributed by atoms with Gasteiger partial charge in [0.25, 0.3) is 0 Å². The highest BCUT2D eigenvalue weighted by molar-refractivity contribution is 9.10. The summed E-state index contributed by atoms with van der Waals surface area (Å²) in [5.74, 6) is -0.406. The summed E-state index contributed by atoms with van der Waals surface area (Å²) in [6.07, 6.45) is 1.72. The molecule has 0 aliphatic rings. The van der Waals surface area contributed by atoms with E-state index >= 15 is 0 Å². The molecule has 1 aromatic carbocycles. The van der Waals surface area contributed by atoms with E-state index in [0.29, 0.717) is 5.56 Å². The highest BCUT2D eigenvalue weighted by Crippen LogP contribution is 2.33. The van der Waals surface area contributed by atoms with Crippen molar-refractivity contribution in [1.29, 1.82) is 0 Å². The van der Waals surface area contributed by atoms with E-state index in [9.17, 15) is 4.39 Å². The molecule has 1 aromatic heterocycles. The van der Waals surface area contributed by atoms with Gasteiger partial charge in [0.1, 0.15) is 5.82 Å². The van der Waals surface area contributed by atoms with E-state index in [1.165, 1.54) is 0 Å². The highest BCUT2D eigenvalue weighted by atomic mass is 79.9. The molecule has 0 aliphatic heterocycles. The first-order valence-corrected chi connectivity index (χ1v) is 7.48. The first kappa shape index (κ1) is 15.5. The van der Waals surface area contributed by atoms with Crippen molar-refractivity contribution in [2.24, 2.45) is 0 Å². The van der Waals surface area contributed by atoms with Crippen LogP contribution in [0.5, 0.6) is 0 Å². The second kappa shape index (κ2) is 6.24. The van der Waals surface area contributed by atoms with Crippen LogP contribution in [0.15, 0.2) is 28.9 Å². The summed E-state index contributed by atoms with van der Waals surface area (Å²) in [5, 5.41) is 7.59. The Morgan fingerprint density at radius 2 is 2.10 bits per heavy atom. The lowest BCUT2D eigenvalue weighted by molar-refractivity contribution is 0.475. The fraction of sp³-hybridized carbons (Fsp3) is 0.357. The Hall–Kier alpha value is -0.910. The van der Waals surface area contributed by atoms with Gasteiger partial charge in [0, 0.05) is 11.6 Å². The van der Waals surface area contributed by atoms with Crippen molar-refractivity contribution < 1.29 is 4.39 Å². The highest BCUT2D eigenvalue weighted by Gasteiger charge is 2.24. The Kier molecular flexibility index (Phi) is 4.83. The van der Waals surface area contributed by atoms with Crippen LogP contribution in [0.4, 0.5) is 4.39 Å². The van der Waals surface area contributed by atoms with Crippen LogP contribution in [0.2, 0.25) is 5.02 Å². The summed E-state index contributed by atoms with van der Waals surface area (Å²) in [5.41, 5.74) is 1.38. The van der Waals surface area contributed by atoms with Crippen LogP contribution >= 0.6 is 27.5 Å². The van der Waals surface area contributed by atoms with E-state index in [2.05, 4.69) is 26.3 Å². The van der Waals surface area contributed by atoms with E-state index in [-0.39, 0.29) is 17.1 Å². The van der Waals surface area contributed by atoms with Gasteiger partial charge < -0.3 is 5.32 Å². The fourth-order valence-corrected chi connectivity index (χ4v) is 2.90. The summed E-state index contributed by atoms with van der Waals surface area (Å²) < 4.78 is 17.0. The molecular formula is C14H16BrClFN3. The van der Waals surface area contributed by atoms with Gasteiger partial charge >= 0.3 is 0 Å². The van der Waals surface area contributed by atoms with E-state index in [1.807, 2.05) is 18.5 Å². The maximum absolute atomic E-state index is 14.3. The van der Waals surface area contributed by atoms with Gasteiger partial charge in [-0.15, -0.1) is 0 Å². The smallest absolute Gasteiger partial charge is 0.146 e. The second-order valence-electron chi connectivity index (χ2n) is 4.78. The molecule has 1 N–H and O–H groups in total. The average Bonchev–Trinajstić information content (AvgIpc) is 2.78. The maximum Gasteiger partial charge on any atom is 0.146 e. The fourth-order valence-electron chi connectivity index (χ4n) is 2.22. The number of hydrogen-bond donors (Lipinski definition) is 1. The van der Waals surface area contributed by atoms with Gasteiger partial charge in [-0.1, -0.05) is 23.7 Å². The maximum atomic E-state index is 14.3. The number of rotatable bonds is 4. The summed E-state index contributed by atoms with van der Waals surface area (Å²) in [6.45, 7) is 4.06. The number of benzene rings is 1. The normalized spacial score (nSPS) is 12.9. The molecule has 0 saturated heterocycles. The molecule has 20 heavy (non-hydrogen) atoms. The lowest BCUT2D eigenvalue weighted by Gasteiger charge is -2.21. The monoisotopic (exact) mass is 359 g/mol. The number of nitrogens with zero attached hydrogens (tertiary/aromatic N) is 2. The van der Waals surface area contributed by atoms with Crippen LogP contribution in [0.25, 0.3) is 0 Å². The van der Waals surface area contributed by atoms with Gasteiger partial charge in [-0.05, 0) is 42.9 Å². The third-order valence-electron chi connectivity index (χ3n) is 3.13. The second-order valence-corrected chi connectivity index (χ2v) is 6.04. The summed E-state index contributed by atoms with van der Waals surface area (Å²) in [7, 11) is 1.79. The van der Waals surface area contributed by atoms with Gasteiger partial charge in [-0.3, -0.25) is 4.68 Å². The lowest BCUT2D eigenvalue weighted by atomic mass is 10.0. The van der Waals surface area contributed by atoms with Crippen molar-refractivity contribution in [3.8, 4) is 0 Å². The molecule has 0 radical (unpaired) electrons. The van der Waals surface area contributed by atoms with Crippen LogP contribution in [-0.2, 0) is 0 Å². The standard InChI is InChI=1S/C14H16BrClFN3/c1-8(2)20-14(10(15)7-19-20)13(18-3)9-5-4-6-11(16)12(9)17/h4-8,13,18H,1-3H3. The van der Waals surface area contributed by atoms with E-state index < -0.39 is 5.82 Å². The molecular weight excluding hydrogens is 345 g/mol. The Morgan fingerprint density at radius 1 is 1.40 bits per heavy atom. The van der Waals surface area contributed by atoms with Gasteiger partial charge in [0.15, 0.2) is 0 Å². The SMILES string of the molecule is CNC(c1cccc(Cl)c1F)c1c(Br)cnn1C(C)C. The van der Waals surface area contributed by atoms with Crippen LogP contribution in [0.1, 0.15) is 37.2 Å². The third kappa shape index (κ3) is 2.75. The molecule has 2 aromatic rings. The molecule has 108 valence electrons. The molecule has 0 aliphatic carbocycles. The van der Waals surface area contributed by atoms with Crippen molar-refractivity contribution in [1.82, 2.24) is 15.1 Å². The lowest BCUT2D eigenvalue weighted by Crippen LogP contribution is -2.24. The average molecular weight is 361 g/mol. The van der Waals surface area contributed by atoms with Crippen molar-refractivity contribution in [3.63, 3.8) is 0 Å². The minimum absolute atomic E-state index is 0.120. The molecule has 0 fully saturated rings. The van der Waals surface area contributed by atoms with Gasteiger partial charge in [-0.2, -0.15) is 5.10 Å². The third-order valence-corrected chi connectivity index (χ3v) is 4.03. The topological polar surface area (TPSA) is 29.9 Å². The zero-order valence-electron chi connectivity index (χ0n) is 11.5. The van der Waals surface area contributed by atoms with Crippen molar-refractivity contribution >= 4 is 27.5 Å². The summed E-state index contributed by atoms with van der Waals surface area (Å²) in [4.78, 5) is 0. The van der Waals surface area contributed by atoms with Crippen molar-refractivity contribution in [2.75, 3.05) is 7.05 Å². The number of halogens is 3. The van der Waals surface area contributed by atoms with Crippen LogP contribution < -0.4 is 5.32 Å². The molecule has 1 unspecified atom stereocenters. The number of aromatic nitrogens is 2. The quantitative estimate of drug-likeness (QED) is 0.879. The van der Waals surface area contributed by atoms with Gasteiger partial charge in [-0.25, -0.2) is 4.39 Å². The molecule has 0 bridgehead atoms. The van der Waals surface area contributed by atoms with E-state index in [4.69, 9.17) is 11.6 Å². The Labute approximate surface area is 131 Å². The molecule has 0 spiro atoms. The summed E-state index contributed by atoms with van der Waals surface area (Å²) >= 11 is 9.37. The predicted octanol–water partition coefficient (Wildman–Crippen LogP) is 4.33. The Bertz CT molecular complexity index is 612.